The van der Waals surface area contributed by atoms with Gasteiger partial charge in [0.25, 0.3) is 0 Å². The monoisotopic (exact) mass is 461 g/mol. The summed E-state index contributed by atoms with van der Waals surface area (Å²) in [5.74, 6) is 1.09. The molecule has 2 aliphatic heterocycles. The Morgan fingerprint density at radius 2 is 2.06 bits per heavy atom. The minimum absolute atomic E-state index is 0.0610. The number of ether oxygens (including phenoxy) is 1. The molecule has 2 N–H and O–H groups in total. The number of nitrogens with two attached hydrogens (primary N) is 1. The fourth-order valence-electron chi connectivity index (χ4n) is 4.45. The highest BCUT2D eigenvalue weighted by molar-refractivity contribution is 5.85. The Kier molecular flexibility index (Phi) is 5.02. The maximum atomic E-state index is 13.0. The maximum Gasteiger partial charge on any atom is 0.408 e. The number of fused-ring (bicyclic) bond motifs is 3. The average molecular weight is 461 g/mol. The van der Waals surface area contributed by atoms with Crippen LogP contribution < -0.4 is 15.4 Å². The number of carbonyl (C=O) groups is 1. The molecule has 3 aromatic rings. The van der Waals surface area contributed by atoms with E-state index < -0.39 is 12.7 Å². The number of hydrogen-bond donors (Lipinski definition) is 1. The average Bonchev–Trinajstić information content (AvgIpc) is 3.43. The van der Waals surface area contributed by atoms with Crippen molar-refractivity contribution in [3.63, 3.8) is 0 Å². The first-order valence-electron chi connectivity index (χ1n) is 10.6. The van der Waals surface area contributed by atoms with Crippen LogP contribution in [0.25, 0.3) is 22.9 Å². The number of amides is 1. The summed E-state index contributed by atoms with van der Waals surface area (Å²) in [6.45, 7) is 1.84. The van der Waals surface area contributed by atoms with Crippen LogP contribution in [-0.2, 0) is 17.9 Å². The summed E-state index contributed by atoms with van der Waals surface area (Å²) in [5, 5.41) is 3.89. The van der Waals surface area contributed by atoms with Gasteiger partial charge in [-0.05, 0) is 31.9 Å². The van der Waals surface area contributed by atoms with Gasteiger partial charge in [-0.1, -0.05) is 0 Å². The molecule has 9 nitrogen and oxygen atoms in total. The van der Waals surface area contributed by atoms with E-state index in [0.29, 0.717) is 42.4 Å². The number of imidazole rings is 1. The third-order valence-corrected chi connectivity index (χ3v) is 5.82. The van der Waals surface area contributed by atoms with E-state index in [-0.39, 0.29) is 23.6 Å². The first-order valence-corrected chi connectivity index (χ1v) is 10.6. The lowest BCUT2D eigenvalue weighted by molar-refractivity contribution is -0.142. The Morgan fingerprint density at radius 1 is 1.24 bits per heavy atom. The molecule has 0 aliphatic carbocycles. The van der Waals surface area contributed by atoms with Crippen LogP contribution in [0.15, 0.2) is 24.4 Å². The van der Waals surface area contributed by atoms with Crippen molar-refractivity contribution in [3.05, 3.63) is 30.2 Å². The molecule has 1 fully saturated rings. The zero-order chi connectivity index (χ0) is 23.3. The fraction of sp³-hybridized carbons (Fsp3) is 0.429. The molecule has 0 bridgehead atoms. The van der Waals surface area contributed by atoms with E-state index in [1.54, 1.807) is 13.1 Å². The number of anilines is 1. The second-order valence-electron chi connectivity index (χ2n) is 8.18. The summed E-state index contributed by atoms with van der Waals surface area (Å²) < 4.78 is 47.6. The van der Waals surface area contributed by atoms with Crippen molar-refractivity contribution in [2.24, 2.45) is 5.73 Å². The number of benzene rings is 1. The molecule has 174 valence electrons. The predicted octanol–water partition coefficient (Wildman–Crippen LogP) is 2.53. The van der Waals surface area contributed by atoms with Gasteiger partial charge >= 0.3 is 6.18 Å². The molecule has 0 spiro atoms. The highest BCUT2D eigenvalue weighted by Gasteiger charge is 2.32. The van der Waals surface area contributed by atoms with Gasteiger partial charge in [-0.2, -0.15) is 18.3 Å². The molecule has 2 aliphatic rings. The molecule has 4 heterocycles. The van der Waals surface area contributed by atoms with Crippen LogP contribution in [0.1, 0.15) is 18.7 Å². The number of rotatable bonds is 4. The largest absolute Gasteiger partial charge is 0.491 e. The fourth-order valence-corrected chi connectivity index (χ4v) is 4.45. The summed E-state index contributed by atoms with van der Waals surface area (Å²) >= 11 is 0. The van der Waals surface area contributed by atoms with Gasteiger partial charge < -0.3 is 19.9 Å². The van der Waals surface area contributed by atoms with Crippen LogP contribution in [-0.4, -0.2) is 55.6 Å². The molecule has 1 aromatic carbocycles. The number of primary amides is 1. The molecular formula is C21H22F3N7O2. The minimum atomic E-state index is -4.43. The van der Waals surface area contributed by atoms with Gasteiger partial charge in [-0.25, -0.2) is 14.6 Å². The normalized spacial score (nSPS) is 17.9. The van der Waals surface area contributed by atoms with Crippen molar-refractivity contribution in [1.29, 1.82) is 0 Å². The van der Waals surface area contributed by atoms with Crippen LogP contribution in [0, 0.1) is 6.92 Å². The number of carbonyl (C=O) groups excluding carboxylic acids is 1. The Morgan fingerprint density at radius 3 is 2.82 bits per heavy atom. The first kappa shape index (κ1) is 21.3. The van der Waals surface area contributed by atoms with Crippen LogP contribution in [0.3, 0.4) is 0 Å². The molecule has 2 aromatic heterocycles. The van der Waals surface area contributed by atoms with E-state index in [1.807, 2.05) is 27.7 Å². The van der Waals surface area contributed by atoms with Gasteiger partial charge in [-0.3, -0.25) is 4.79 Å². The van der Waals surface area contributed by atoms with Crippen molar-refractivity contribution in [1.82, 2.24) is 24.3 Å². The van der Waals surface area contributed by atoms with Crippen molar-refractivity contribution in [2.75, 3.05) is 18.1 Å². The molecule has 33 heavy (non-hydrogen) atoms. The van der Waals surface area contributed by atoms with Gasteiger partial charge in [0.15, 0.2) is 5.82 Å². The molecule has 0 radical (unpaired) electrons. The minimum Gasteiger partial charge on any atom is -0.491 e. The van der Waals surface area contributed by atoms with E-state index in [2.05, 4.69) is 15.1 Å². The lowest BCUT2D eigenvalue weighted by Gasteiger charge is -2.25. The second kappa shape index (κ2) is 7.78. The van der Waals surface area contributed by atoms with Crippen LogP contribution >= 0.6 is 0 Å². The number of halogens is 3. The predicted molar refractivity (Wildman–Crippen MR) is 113 cm³/mol. The van der Waals surface area contributed by atoms with Gasteiger partial charge in [0.05, 0.1) is 12.1 Å². The van der Waals surface area contributed by atoms with Crippen molar-refractivity contribution in [3.8, 4) is 28.7 Å². The highest BCUT2D eigenvalue weighted by atomic mass is 19.4. The van der Waals surface area contributed by atoms with Gasteiger partial charge in [0.1, 0.15) is 42.3 Å². The van der Waals surface area contributed by atoms with E-state index in [1.165, 1.54) is 0 Å². The number of nitrogens with zero attached hydrogens (tertiary/aromatic N) is 6. The van der Waals surface area contributed by atoms with E-state index in [9.17, 15) is 18.0 Å². The van der Waals surface area contributed by atoms with Crippen LogP contribution in [0.2, 0.25) is 0 Å². The highest BCUT2D eigenvalue weighted by Crippen LogP contribution is 2.38. The van der Waals surface area contributed by atoms with E-state index in [4.69, 9.17) is 10.5 Å². The number of aryl methyl sites for hydroxylation is 1. The second-order valence-corrected chi connectivity index (χ2v) is 8.18. The third kappa shape index (κ3) is 4.00. The van der Waals surface area contributed by atoms with Crippen LogP contribution in [0.4, 0.5) is 18.9 Å². The maximum absolute atomic E-state index is 13.0. The van der Waals surface area contributed by atoms with E-state index in [0.717, 1.165) is 23.3 Å². The lowest BCUT2D eigenvalue weighted by Crippen LogP contribution is -2.40. The lowest BCUT2D eigenvalue weighted by atomic mass is 10.1. The topological polar surface area (TPSA) is 104 Å². The molecular weight excluding hydrogens is 439 g/mol. The Balaban J connectivity index is 1.52. The molecule has 12 heteroatoms. The summed E-state index contributed by atoms with van der Waals surface area (Å²) in [6.07, 6.45) is -1.18. The standard InChI is InChI=1S/C21H22F3N7O2/c1-12-26-20(31(28-12)11-21(22,23)24)15-10-29-7-8-33-17-9-13(4-5-14(17)19(29)27-15)30-6-2-3-16(30)18(25)32/h4-5,9-10,16H,2-3,6-8,11H2,1H3,(H2,25,32)/t16-/m0/s1. The third-order valence-electron chi connectivity index (χ3n) is 5.82. The zero-order valence-corrected chi connectivity index (χ0v) is 17.8. The molecule has 1 amide bonds. The number of hydrogen-bond acceptors (Lipinski definition) is 6. The quantitative estimate of drug-likeness (QED) is 0.640. The zero-order valence-electron chi connectivity index (χ0n) is 17.8. The Bertz CT molecular complexity index is 1220. The SMILES string of the molecule is Cc1nc(-c2cn3c(n2)-c2ccc(N4CCC[C@H]4C(N)=O)cc2OCC3)n(CC(F)(F)F)n1. The summed E-state index contributed by atoms with van der Waals surface area (Å²) in [6, 6.07) is 5.23. The van der Waals surface area contributed by atoms with Gasteiger partial charge in [0, 0.05) is 24.5 Å². The molecule has 1 saturated heterocycles. The summed E-state index contributed by atoms with van der Waals surface area (Å²) in [5.41, 5.74) is 7.39. The smallest absolute Gasteiger partial charge is 0.408 e. The van der Waals surface area contributed by atoms with Gasteiger partial charge in [-0.15, -0.1) is 0 Å². The summed E-state index contributed by atoms with van der Waals surface area (Å²) in [4.78, 5) is 22.5. The number of alkyl halides is 3. The molecule has 1 atom stereocenters. The molecule has 0 saturated carbocycles. The van der Waals surface area contributed by atoms with Crippen molar-refractivity contribution in [2.45, 2.75) is 45.1 Å². The Hall–Kier alpha value is -3.57. The van der Waals surface area contributed by atoms with E-state index >= 15 is 0 Å². The molecule has 0 unspecified atom stereocenters. The first-order chi connectivity index (χ1) is 15.7. The van der Waals surface area contributed by atoms with Crippen molar-refractivity contribution < 1.29 is 22.7 Å². The van der Waals surface area contributed by atoms with Crippen molar-refractivity contribution >= 4 is 11.6 Å². The van der Waals surface area contributed by atoms with Crippen LogP contribution in [0.5, 0.6) is 5.75 Å². The molecule has 5 rings (SSSR count). The summed E-state index contributed by atoms with van der Waals surface area (Å²) in [7, 11) is 0. The Labute approximate surface area is 187 Å². The number of aromatic nitrogens is 5. The van der Waals surface area contributed by atoms with Gasteiger partial charge in [0.2, 0.25) is 5.91 Å².